The van der Waals surface area contributed by atoms with Crippen molar-refractivity contribution in [1.29, 1.82) is 0 Å². The third-order valence-corrected chi connectivity index (χ3v) is 5.51. The van der Waals surface area contributed by atoms with Gasteiger partial charge in [0.25, 0.3) is 0 Å². The van der Waals surface area contributed by atoms with Gasteiger partial charge < -0.3 is 18.9 Å². The van der Waals surface area contributed by atoms with Gasteiger partial charge in [-0.15, -0.1) is 0 Å². The largest absolute Gasteiger partial charge is 0.490 e. The monoisotopic (exact) mass is 432 g/mol. The van der Waals surface area contributed by atoms with Crippen LogP contribution in [0.3, 0.4) is 0 Å². The third-order valence-electron chi connectivity index (χ3n) is 5.51. The van der Waals surface area contributed by atoms with Crippen LogP contribution in [-0.4, -0.2) is 32.4 Å². The molecule has 0 aliphatic heterocycles. The normalized spacial score (nSPS) is 12.8. The summed E-state index contributed by atoms with van der Waals surface area (Å²) in [6.07, 6.45) is 5.37. The summed E-state index contributed by atoms with van der Waals surface area (Å²) in [6, 6.07) is 18.2. The molecule has 0 bridgehead atoms. The van der Waals surface area contributed by atoms with E-state index in [-0.39, 0.29) is 6.61 Å². The van der Waals surface area contributed by atoms with Crippen LogP contribution in [0.5, 0.6) is 17.2 Å². The number of fused-ring (bicyclic) bond motifs is 2. The Morgan fingerprint density at radius 1 is 0.812 bits per heavy atom. The zero-order chi connectivity index (χ0) is 22.2. The Hall–Kier alpha value is -3.31. The third kappa shape index (κ3) is 5.11. The maximum absolute atomic E-state index is 11.1. The molecule has 4 rings (SSSR count). The molecule has 0 aromatic heterocycles. The first-order valence-electron chi connectivity index (χ1n) is 11.1. The van der Waals surface area contributed by atoms with Crippen LogP contribution >= 0.6 is 0 Å². The predicted molar refractivity (Wildman–Crippen MR) is 125 cm³/mol. The highest BCUT2D eigenvalue weighted by Crippen LogP contribution is 2.45. The van der Waals surface area contributed by atoms with Gasteiger partial charge in [0.1, 0.15) is 30.5 Å². The van der Waals surface area contributed by atoms with E-state index in [2.05, 4.69) is 18.7 Å². The van der Waals surface area contributed by atoms with E-state index < -0.39 is 5.97 Å². The van der Waals surface area contributed by atoms with Crippen molar-refractivity contribution in [1.82, 2.24) is 0 Å². The Labute approximate surface area is 188 Å². The van der Waals surface area contributed by atoms with E-state index in [4.69, 9.17) is 18.9 Å². The average Bonchev–Trinajstić information content (AvgIpc) is 2.85. The van der Waals surface area contributed by atoms with E-state index in [9.17, 15) is 4.79 Å². The van der Waals surface area contributed by atoms with E-state index in [1.165, 1.54) is 11.1 Å². The molecule has 1 aliphatic rings. The topological polar surface area (TPSA) is 54.0 Å². The molecular formula is C27H28O5. The summed E-state index contributed by atoms with van der Waals surface area (Å²) in [7, 11) is 0. The van der Waals surface area contributed by atoms with Crippen LogP contribution in [-0.2, 0) is 27.1 Å². The molecule has 0 N–H and O–H groups in total. The van der Waals surface area contributed by atoms with Gasteiger partial charge in [0.2, 0.25) is 0 Å². The van der Waals surface area contributed by atoms with Gasteiger partial charge in [-0.1, -0.05) is 49.0 Å². The number of carbonyl (C=O) groups excluding carboxylic acids is 1. The molecule has 5 heteroatoms. The Kier molecular flexibility index (Phi) is 7.41. The Bertz CT molecular complexity index is 1070. The van der Waals surface area contributed by atoms with Gasteiger partial charge in [0.15, 0.2) is 0 Å². The number of carbonyl (C=O) groups is 1. The molecule has 166 valence electrons. The number of rotatable bonds is 10. The fraction of sp³-hybridized carbons (Fsp3) is 0.296. The highest BCUT2D eigenvalue weighted by atomic mass is 16.6. The molecule has 0 radical (unpaired) electrons. The van der Waals surface area contributed by atoms with Crippen LogP contribution < -0.4 is 9.47 Å². The van der Waals surface area contributed by atoms with Gasteiger partial charge in [-0.25, -0.2) is 4.79 Å². The second-order valence-corrected chi connectivity index (χ2v) is 7.62. The fourth-order valence-electron chi connectivity index (χ4n) is 4.06. The maximum Gasteiger partial charge on any atom is 0.330 e. The van der Waals surface area contributed by atoms with E-state index in [0.717, 1.165) is 59.8 Å². The molecule has 32 heavy (non-hydrogen) atoms. The molecule has 0 saturated heterocycles. The molecule has 0 amide bonds. The lowest BCUT2D eigenvalue weighted by molar-refractivity contribution is -0.139. The Balaban J connectivity index is 1.53. The summed E-state index contributed by atoms with van der Waals surface area (Å²) in [5.74, 6) is 2.26. The van der Waals surface area contributed by atoms with Crippen LogP contribution in [0.25, 0.3) is 10.8 Å². The number of esters is 1. The van der Waals surface area contributed by atoms with Crippen LogP contribution in [0.2, 0.25) is 0 Å². The van der Waals surface area contributed by atoms with Crippen molar-refractivity contribution >= 4 is 16.7 Å². The molecule has 0 unspecified atom stereocenters. The Morgan fingerprint density at radius 2 is 1.44 bits per heavy atom. The lowest BCUT2D eigenvalue weighted by Gasteiger charge is -2.25. The van der Waals surface area contributed by atoms with Crippen molar-refractivity contribution in [3.8, 4) is 17.2 Å². The van der Waals surface area contributed by atoms with Crippen molar-refractivity contribution < 1.29 is 23.7 Å². The van der Waals surface area contributed by atoms with Gasteiger partial charge in [0.05, 0.1) is 13.2 Å². The van der Waals surface area contributed by atoms with E-state index >= 15 is 0 Å². The summed E-state index contributed by atoms with van der Waals surface area (Å²) in [4.78, 5) is 11.1. The second-order valence-electron chi connectivity index (χ2n) is 7.62. The summed E-state index contributed by atoms with van der Waals surface area (Å²) in [6.45, 7) is 4.73. The van der Waals surface area contributed by atoms with Crippen molar-refractivity contribution in [2.45, 2.75) is 25.7 Å². The van der Waals surface area contributed by atoms with Gasteiger partial charge in [-0.2, -0.15) is 0 Å². The highest BCUT2D eigenvalue weighted by molar-refractivity contribution is 5.96. The SMILES string of the molecule is C=CC(=O)OCCOCCOc1c2c(c(Oc3ccccc3)c3ccccc13)CCCC2. The minimum absolute atomic E-state index is 0.203. The van der Waals surface area contributed by atoms with Gasteiger partial charge in [-0.05, 0) is 37.8 Å². The van der Waals surface area contributed by atoms with E-state index in [1.807, 2.05) is 42.5 Å². The summed E-state index contributed by atoms with van der Waals surface area (Å²) < 4.78 is 23.1. The lowest BCUT2D eigenvalue weighted by Crippen LogP contribution is -2.14. The summed E-state index contributed by atoms with van der Waals surface area (Å²) in [5.41, 5.74) is 2.48. The molecule has 1 aliphatic carbocycles. The molecule has 3 aromatic rings. The zero-order valence-electron chi connectivity index (χ0n) is 18.2. The molecule has 0 spiro atoms. The maximum atomic E-state index is 11.1. The molecule has 0 atom stereocenters. The highest BCUT2D eigenvalue weighted by Gasteiger charge is 2.24. The van der Waals surface area contributed by atoms with Crippen molar-refractivity contribution in [3.63, 3.8) is 0 Å². The molecule has 0 heterocycles. The van der Waals surface area contributed by atoms with Gasteiger partial charge in [-0.3, -0.25) is 0 Å². The van der Waals surface area contributed by atoms with Gasteiger partial charge >= 0.3 is 5.97 Å². The summed E-state index contributed by atoms with van der Waals surface area (Å²) >= 11 is 0. The van der Waals surface area contributed by atoms with Gasteiger partial charge in [0, 0.05) is 28.0 Å². The first-order valence-corrected chi connectivity index (χ1v) is 11.1. The molecule has 5 nitrogen and oxygen atoms in total. The van der Waals surface area contributed by atoms with Crippen LogP contribution in [0.4, 0.5) is 0 Å². The lowest BCUT2D eigenvalue weighted by atomic mass is 9.87. The summed E-state index contributed by atoms with van der Waals surface area (Å²) in [5, 5.41) is 2.11. The minimum atomic E-state index is -0.444. The number of para-hydroxylation sites is 1. The van der Waals surface area contributed by atoms with Crippen molar-refractivity contribution in [2.24, 2.45) is 0 Å². The van der Waals surface area contributed by atoms with Crippen molar-refractivity contribution in [2.75, 3.05) is 26.4 Å². The number of ether oxygens (including phenoxy) is 4. The average molecular weight is 433 g/mol. The first kappa shape index (κ1) is 21.9. The first-order chi connectivity index (χ1) is 15.8. The minimum Gasteiger partial charge on any atom is -0.490 e. The predicted octanol–water partition coefficient (Wildman–Crippen LogP) is 5.64. The fourth-order valence-corrected chi connectivity index (χ4v) is 4.06. The quantitative estimate of drug-likeness (QED) is 0.236. The smallest absolute Gasteiger partial charge is 0.330 e. The molecular weight excluding hydrogens is 404 g/mol. The van der Waals surface area contributed by atoms with E-state index in [1.54, 1.807) is 0 Å². The second kappa shape index (κ2) is 10.8. The molecule has 3 aromatic carbocycles. The zero-order valence-corrected chi connectivity index (χ0v) is 18.2. The Morgan fingerprint density at radius 3 is 2.16 bits per heavy atom. The molecule has 0 saturated carbocycles. The van der Waals surface area contributed by atoms with Crippen LogP contribution in [0.15, 0.2) is 67.3 Å². The molecule has 0 fully saturated rings. The number of hydrogen-bond donors (Lipinski definition) is 0. The van der Waals surface area contributed by atoms with Crippen molar-refractivity contribution in [3.05, 3.63) is 78.4 Å². The van der Waals surface area contributed by atoms with Crippen LogP contribution in [0, 0.1) is 0 Å². The number of hydrogen-bond acceptors (Lipinski definition) is 5. The number of benzene rings is 3. The van der Waals surface area contributed by atoms with E-state index in [0.29, 0.717) is 19.8 Å². The van der Waals surface area contributed by atoms with Crippen LogP contribution in [0.1, 0.15) is 24.0 Å². The standard InChI is InChI=1S/C27H28O5/c1-2-25(28)30-18-16-29-17-19-31-26-21-12-6-8-14-23(21)27(24-15-9-7-13-22(24)26)32-20-10-4-3-5-11-20/h2-6,8,10-12,14H,1,7,9,13,15-19H2.